The minimum Gasteiger partial charge on any atom is -0.469 e. The number of hydrogen-bond donors (Lipinski definition) is 1. The van der Waals surface area contributed by atoms with Crippen LogP contribution in [0.1, 0.15) is 39.5 Å². The van der Waals surface area contributed by atoms with Crippen molar-refractivity contribution >= 4 is 5.97 Å². The third-order valence-corrected chi connectivity index (χ3v) is 5.11. The molecule has 2 heterocycles. The average molecular weight is 268 g/mol. The number of carbonyl (C=O) groups is 1. The van der Waals surface area contributed by atoms with Gasteiger partial charge in [-0.2, -0.15) is 0 Å². The Morgan fingerprint density at radius 1 is 1.26 bits per heavy atom. The molecule has 2 aliphatic heterocycles. The molecule has 0 aromatic carbocycles. The molecule has 3 unspecified atom stereocenters. The summed E-state index contributed by atoms with van der Waals surface area (Å²) in [5.41, 5.74) is 0. The molecule has 0 aliphatic carbocycles. The first-order chi connectivity index (χ1) is 9.13. The maximum Gasteiger partial charge on any atom is 0.309 e. The fraction of sp³-hybridized carbons (Fsp3) is 0.933. The van der Waals surface area contributed by atoms with Crippen molar-refractivity contribution in [2.75, 3.05) is 26.7 Å². The molecular formula is C15H28N2O2. The van der Waals surface area contributed by atoms with Crippen LogP contribution in [0.25, 0.3) is 0 Å². The van der Waals surface area contributed by atoms with Gasteiger partial charge in [-0.1, -0.05) is 6.92 Å². The number of methoxy groups -OCH3 is 1. The van der Waals surface area contributed by atoms with Crippen molar-refractivity contribution in [3.63, 3.8) is 0 Å². The van der Waals surface area contributed by atoms with Gasteiger partial charge in [0.05, 0.1) is 13.0 Å². The number of esters is 1. The van der Waals surface area contributed by atoms with E-state index >= 15 is 0 Å². The molecule has 110 valence electrons. The van der Waals surface area contributed by atoms with Crippen molar-refractivity contribution in [1.82, 2.24) is 10.2 Å². The summed E-state index contributed by atoms with van der Waals surface area (Å²) in [4.78, 5) is 14.1. The molecule has 0 amide bonds. The van der Waals surface area contributed by atoms with Crippen LogP contribution < -0.4 is 5.32 Å². The first kappa shape index (κ1) is 14.8. The minimum atomic E-state index is -0.0907. The third-order valence-electron chi connectivity index (χ3n) is 5.11. The van der Waals surface area contributed by atoms with E-state index in [4.69, 9.17) is 4.74 Å². The maximum atomic E-state index is 11.6. The molecule has 4 heteroatoms. The number of nitrogens with zero attached hydrogens (tertiary/aromatic N) is 1. The van der Waals surface area contributed by atoms with Crippen molar-refractivity contribution in [2.45, 2.75) is 51.6 Å². The van der Waals surface area contributed by atoms with E-state index in [1.807, 2.05) is 6.92 Å². The molecular weight excluding hydrogens is 240 g/mol. The minimum absolute atomic E-state index is 0.0360. The summed E-state index contributed by atoms with van der Waals surface area (Å²) >= 11 is 0. The lowest BCUT2D eigenvalue weighted by Crippen LogP contribution is -2.47. The van der Waals surface area contributed by atoms with Crippen LogP contribution in [-0.4, -0.2) is 49.7 Å². The topological polar surface area (TPSA) is 41.6 Å². The Bertz CT molecular complexity index is 295. The molecule has 2 saturated heterocycles. The zero-order chi connectivity index (χ0) is 13.8. The van der Waals surface area contributed by atoms with Crippen LogP contribution in [0.2, 0.25) is 0 Å². The third kappa shape index (κ3) is 3.48. The highest BCUT2D eigenvalue weighted by molar-refractivity contribution is 5.72. The van der Waals surface area contributed by atoms with E-state index in [9.17, 15) is 4.79 Å². The van der Waals surface area contributed by atoms with Crippen LogP contribution in [0, 0.1) is 11.8 Å². The lowest BCUT2D eigenvalue weighted by molar-refractivity contribution is -0.147. The first-order valence-corrected chi connectivity index (χ1v) is 7.68. The Balaban J connectivity index is 1.80. The molecule has 1 N–H and O–H groups in total. The predicted octanol–water partition coefficient (Wildman–Crippen LogP) is 1.65. The van der Waals surface area contributed by atoms with Gasteiger partial charge in [0.25, 0.3) is 0 Å². The largest absolute Gasteiger partial charge is 0.469 e. The van der Waals surface area contributed by atoms with Crippen LogP contribution in [0.3, 0.4) is 0 Å². The van der Waals surface area contributed by atoms with Gasteiger partial charge in [0.15, 0.2) is 0 Å². The molecule has 0 spiro atoms. The van der Waals surface area contributed by atoms with E-state index in [0.29, 0.717) is 0 Å². The lowest BCUT2D eigenvalue weighted by Gasteiger charge is -2.39. The van der Waals surface area contributed by atoms with Crippen molar-refractivity contribution < 1.29 is 9.53 Å². The summed E-state index contributed by atoms with van der Waals surface area (Å²) in [5, 5.41) is 3.63. The Labute approximate surface area is 116 Å². The SMILES string of the molecule is COC(=O)C(C)C(C)N1CCC(C2CCCN2)CC1. The van der Waals surface area contributed by atoms with E-state index in [1.165, 1.54) is 39.3 Å². The van der Waals surface area contributed by atoms with Crippen LogP contribution in [0.15, 0.2) is 0 Å². The number of piperidine rings is 1. The second kappa shape index (κ2) is 6.71. The summed E-state index contributed by atoms with van der Waals surface area (Å²) in [6.45, 7) is 7.55. The normalized spacial score (nSPS) is 29.1. The molecule has 19 heavy (non-hydrogen) atoms. The molecule has 0 saturated carbocycles. The van der Waals surface area contributed by atoms with Crippen molar-refractivity contribution in [1.29, 1.82) is 0 Å². The van der Waals surface area contributed by atoms with Crippen LogP contribution in [0.5, 0.6) is 0 Å². The van der Waals surface area contributed by atoms with Crippen molar-refractivity contribution in [2.24, 2.45) is 11.8 Å². The van der Waals surface area contributed by atoms with E-state index in [0.717, 1.165) is 25.0 Å². The van der Waals surface area contributed by atoms with E-state index in [1.54, 1.807) is 0 Å². The molecule has 0 aromatic rings. The lowest BCUT2D eigenvalue weighted by atomic mass is 9.87. The molecule has 0 aromatic heterocycles. The zero-order valence-corrected chi connectivity index (χ0v) is 12.5. The van der Waals surface area contributed by atoms with Crippen LogP contribution in [0.4, 0.5) is 0 Å². The van der Waals surface area contributed by atoms with Crippen LogP contribution in [-0.2, 0) is 9.53 Å². The van der Waals surface area contributed by atoms with Gasteiger partial charge in [0.2, 0.25) is 0 Å². The summed E-state index contributed by atoms with van der Waals surface area (Å²) in [6, 6.07) is 1.03. The second-order valence-electron chi connectivity index (χ2n) is 6.13. The Kier molecular flexibility index (Phi) is 5.22. The number of likely N-dealkylation sites (tertiary alicyclic amines) is 1. The number of nitrogens with one attached hydrogen (secondary N) is 1. The molecule has 0 radical (unpaired) electrons. The Morgan fingerprint density at radius 2 is 1.95 bits per heavy atom. The van der Waals surface area contributed by atoms with Gasteiger partial charge < -0.3 is 10.1 Å². The molecule has 2 fully saturated rings. The number of hydrogen-bond acceptors (Lipinski definition) is 4. The highest BCUT2D eigenvalue weighted by atomic mass is 16.5. The van der Waals surface area contributed by atoms with Gasteiger partial charge in [0, 0.05) is 12.1 Å². The summed E-state index contributed by atoms with van der Waals surface area (Å²) in [6.07, 6.45) is 5.20. The zero-order valence-electron chi connectivity index (χ0n) is 12.5. The van der Waals surface area contributed by atoms with Crippen molar-refractivity contribution in [3.8, 4) is 0 Å². The molecule has 2 aliphatic rings. The van der Waals surface area contributed by atoms with E-state index < -0.39 is 0 Å². The van der Waals surface area contributed by atoms with Gasteiger partial charge >= 0.3 is 5.97 Å². The second-order valence-corrected chi connectivity index (χ2v) is 6.13. The number of carbonyl (C=O) groups excluding carboxylic acids is 1. The fourth-order valence-electron chi connectivity index (χ4n) is 3.54. The molecule has 4 nitrogen and oxygen atoms in total. The van der Waals surface area contributed by atoms with Crippen molar-refractivity contribution in [3.05, 3.63) is 0 Å². The smallest absolute Gasteiger partial charge is 0.309 e. The van der Waals surface area contributed by atoms with Gasteiger partial charge in [-0.3, -0.25) is 9.69 Å². The standard InChI is InChI=1S/C15H28N2O2/c1-11(15(18)19-3)12(2)17-9-6-13(7-10-17)14-5-4-8-16-14/h11-14,16H,4-10H2,1-3H3. The first-order valence-electron chi connectivity index (χ1n) is 7.68. The highest BCUT2D eigenvalue weighted by Crippen LogP contribution is 2.27. The van der Waals surface area contributed by atoms with Gasteiger partial charge in [-0.25, -0.2) is 0 Å². The van der Waals surface area contributed by atoms with E-state index in [-0.39, 0.29) is 17.9 Å². The number of rotatable bonds is 4. The quantitative estimate of drug-likeness (QED) is 0.787. The fourth-order valence-corrected chi connectivity index (χ4v) is 3.54. The Hall–Kier alpha value is -0.610. The monoisotopic (exact) mass is 268 g/mol. The molecule has 3 atom stereocenters. The summed E-state index contributed by atoms with van der Waals surface area (Å²) in [7, 11) is 1.48. The highest BCUT2D eigenvalue weighted by Gasteiger charge is 2.32. The van der Waals surface area contributed by atoms with E-state index in [2.05, 4.69) is 17.1 Å². The average Bonchev–Trinajstić information content (AvgIpc) is 2.99. The van der Waals surface area contributed by atoms with Gasteiger partial charge in [0.1, 0.15) is 0 Å². The van der Waals surface area contributed by atoms with Crippen LogP contribution >= 0.6 is 0 Å². The maximum absolute atomic E-state index is 11.6. The Morgan fingerprint density at radius 3 is 2.47 bits per heavy atom. The van der Waals surface area contributed by atoms with Gasteiger partial charge in [-0.15, -0.1) is 0 Å². The molecule has 0 bridgehead atoms. The van der Waals surface area contributed by atoms with Gasteiger partial charge in [-0.05, 0) is 58.2 Å². The summed E-state index contributed by atoms with van der Waals surface area (Å²) in [5.74, 6) is 0.706. The molecule has 2 rings (SSSR count). The number of ether oxygens (including phenoxy) is 1. The predicted molar refractivity (Wildman–Crippen MR) is 76.0 cm³/mol. The summed E-state index contributed by atoms with van der Waals surface area (Å²) < 4.78 is 4.85.